The number of ether oxygens (including phenoxy) is 4. The Morgan fingerprint density at radius 3 is 1.17 bits per heavy atom. The summed E-state index contributed by atoms with van der Waals surface area (Å²) in [5.41, 5.74) is 0. The Bertz CT molecular complexity index is 310. The Morgan fingerprint density at radius 1 is 0.708 bits per heavy atom. The van der Waals surface area contributed by atoms with E-state index in [0.29, 0.717) is 13.2 Å². The predicted molar refractivity (Wildman–Crippen MR) is 89.7 cm³/mol. The quantitative estimate of drug-likeness (QED) is 0.664. The molecule has 0 aromatic carbocycles. The number of carbonyl (C=O) groups is 4. The van der Waals surface area contributed by atoms with E-state index in [1.165, 1.54) is 41.9 Å². The highest BCUT2D eigenvalue weighted by Crippen LogP contribution is 1.72. The molecule has 0 unspecified atom stereocenters. The average molecular weight is 352 g/mol. The lowest BCUT2D eigenvalue weighted by Gasteiger charge is -1.91. The fraction of sp³-hybridized carbons (Fsp3) is 0.750. The van der Waals surface area contributed by atoms with Crippen molar-refractivity contribution < 1.29 is 38.1 Å². The topological polar surface area (TPSA) is 105 Å². The SMILES string of the molecule is CCOC(C)=O.CCOCC(C)=O.COC(C)=O.COCC(C)=O. The lowest BCUT2D eigenvalue weighted by atomic mass is 10.5. The molecule has 0 aliphatic carbocycles. The van der Waals surface area contributed by atoms with E-state index in [9.17, 15) is 19.2 Å². The van der Waals surface area contributed by atoms with E-state index in [2.05, 4.69) is 14.2 Å². The van der Waals surface area contributed by atoms with Crippen LogP contribution in [0.3, 0.4) is 0 Å². The molecular formula is C16H32O8. The molecule has 8 heteroatoms. The fourth-order valence-corrected chi connectivity index (χ4v) is 0.652. The third-order valence-corrected chi connectivity index (χ3v) is 1.49. The first-order chi connectivity index (χ1) is 11.1. The minimum absolute atomic E-state index is 0.0671. The van der Waals surface area contributed by atoms with Crippen molar-refractivity contribution in [1.82, 2.24) is 0 Å². The molecule has 0 radical (unpaired) electrons. The predicted octanol–water partition coefficient (Wildman–Crippen LogP) is 1.58. The molecule has 0 spiro atoms. The van der Waals surface area contributed by atoms with Crippen molar-refractivity contribution in [2.75, 3.05) is 40.6 Å². The Labute approximate surface area is 144 Å². The summed E-state index contributed by atoms with van der Waals surface area (Å²) in [7, 11) is 2.85. The van der Waals surface area contributed by atoms with Crippen LogP contribution in [0.15, 0.2) is 0 Å². The fourth-order valence-electron chi connectivity index (χ4n) is 0.652. The van der Waals surface area contributed by atoms with Gasteiger partial charge in [0.2, 0.25) is 0 Å². The molecule has 0 aliphatic heterocycles. The van der Waals surface area contributed by atoms with Gasteiger partial charge < -0.3 is 18.9 Å². The van der Waals surface area contributed by atoms with Crippen LogP contribution in [0.25, 0.3) is 0 Å². The van der Waals surface area contributed by atoms with Crippen molar-refractivity contribution in [2.24, 2.45) is 0 Å². The summed E-state index contributed by atoms with van der Waals surface area (Å²) in [5, 5.41) is 0. The van der Waals surface area contributed by atoms with Gasteiger partial charge in [-0.1, -0.05) is 0 Å². The smallest absolute Gasteiger partial charge is 0.302 e. The van der Waals surface area contributed by atoms with E-state index in [0.717, 1.165) is 0 Å². The van der Waals surface area contributed by atoms with Gasteiger partial charge in [-0.15, -0.1) is 0 Å². The van der Waals surface area contributed by atoms with Crippen molar-refractivity contribution in [1.29, 1.82) is 0 Å². The molecular weight excluding hydrogens is 320 g/mol. The van der Waals surface area contributed by atoms with Crippen LogP contribution >= 0.6 is 0 Å². The number of ketones is 2. The molecule has 0 heterocycles. The van der Waals surface area contributed by atoms with Crippen LogP contribution in [0.5, 0.6) is 0 Å². The number of rotatable bonds is 6. The number of hydrogen-bond acceptors (Lipinski definition) is 8. The molecule has 0 fully saturated rings. The molecule has 0 aromatic rings. The molecule has 8 nitrogen and oxygen atoms in total. The highest BCUT2D eigenvalue weighted by atomic mass is 16.5. The average Bonchev–Trinajstić information content (AvgIpc) is 2.46. The van der Waals surface area contributed by atoms with Crippen molar-refractivity contribution in [2.45, 2.75) is 41.5 Å². The largest absolute Gasteiger partial charge is 0.469 e. The van der Waals surface area contributed by atoms with Crippen molar-refractivity contribution in [3.8, 4) is 0 Å². The summed E-state index contributed by atoms with van der Waals surface area (Å²) < 4.78 is 17.7. The molecule has 0 amide bonds. The summed E-state index contributed by atoms with van der Waals surface area (Å²) in [5.74, 6) is -0.304. The van der Waals surface area contributed by atoms with Crippen molar-refractivity contribution >= 4 is 23.5 Å². The zero-order chi connectivity index (χ0) is 20.0. The lowest BCUT2D eigenvalue weighted by molar-refractivity contribution is -0.140. The van der Waals surface area contributed by atoms with Crippen LogP contribution in [-0.2, 0) is 38.1 Å². The third kappa shape index (κ3) is 71.6. The van der Waals surface area contributed by atoms with E-state index in [1.54, 1.807) is 6.92 Å². The van der Waals surface area contributed by atoms with Crippen LogP contribution in [0.1, 0.15) is 41.5 Å². The lowest BCUT2D eigenvalue weighted by Crippen LogP contribution is -2.02. The molecule has 0 rings (SSSR count). The Kier molecular flexibility index (Phi) is 32.8. The third-order valence-electron chi connectivity index (χ3n) is 1.49. The Balaban J connectivity index is -0.000000112. The first-order valence-electron chi connectivity index (χ1n) is 7.32. The zero-order valence-electron chi connectivity index (χ0n) is 16.1. The van der Waals surface area contributed by atoms with Crippen LogP contribution in [-0.4, -0.2) is 64.2 Å². The number of esters is 2. The van der Waals surface area contributed by atoms with Gasteiger partial charge in [0.15, 0.2) is 11.6 Å². The first kappa shape index (κ1) is 30.1. The van der Waals surface area contributed by atoms with E-state index >= 15 is 0 Å². The molecule has 144 valence electrons. The van der Waals surface area contributed by atoms with Crippen molar-refractivity contribution in [3.05, 3.63) is 0 Å². The van der Waals surface area contributed by atoms with Gasteiger partial charge in [-0.25, -0.2) is 0 Å². The second kappa shape index (κ2) is 26.1. The van der Waals surface area contributed by atoms with Gasteiger partial charge in [0, 0.05) is 27.6 Å². The summed E-state index contributed by atoms with van der Waals surface area (Å²) in [6, 6.07) is 0. The maximum Gasteiger partial charge on any atom is 0.302 e. The zero-order valence-corrected chi connectivity index (χ0v) is 16.1. The summed E-state index contributed by atoms with van der Waals surface area (Å²) in [6.07, 6.45) is 0. The molecule has 0 saturated heterocycles. The van der Waals surface area contributed by atoms with Gasteiger partial charge in [0.25, 0.3) is 0 Å². The Morgan fingerprint density at radius 2 is 1.12 bits per heavy atom. The van der Waals surface area contributed by atoms with E-state index in [1.807, 2.05) is 6.92 Å². The Hall–Kier alpha value is -1.80. The van der Waals surface area contributed by atoms with Crippen molar-refractivity contribution in [3.63, 3.8) is 0 Å². The minimum Gasteiger partial charge on any atom is -0.469 e. The minimum atomic E-state index is -0.245. The van der Waals surface area contributed by atoms with Gasteiger partial charge in [0.1, 0.15) is 13.2 Å². The van der Waals surface area contributed by atoms with E-state index < -0.39 is 0 Å². The molecule has 0 aliphatic rings. The highest BCUT2D eigenvalue weighted by molar-refractivity contribution is 5.76. The number of methoxy groups -OCH3 is 2. The summed E-state index contributed by atoms with van der Waals surface area (Å²) in [6.45, 7) is 11.0. The molecule has 0 N–H and O–H groups in total. The molecule has 0 atom stereocenters. The van der Waals surface area contributed by atoms with Crippen LogP contribution in [0.2, 0.25) is 0 Å². The molecule has 0 bridgehead atoms. The maximum atomic E-state index is 10.1. The van der Waals surface area contributed by atoms with E-state index in [4.69, 9.17) is 4.74 Å². The standard InChI is InChI=1S/C5H10O2.2C4H8O2.C3H6O2/c1-3-7-4-5(2)6;1-4(5)3-6-2;1-3-6-4(2)5;1-3(4)5-2/h3-4H2,1-2H3;2*3H2,1-2H3;1-2H3. The number of carbonyl (C=O) groups excluding carboxylic acids is 4. The number of hydrogen-bond donors (Lipinski definition) is 0. The van der Waals surface area contributed by atoms with Gasteiger partial charge in [-0.2, -0.15) is 0 Å². The summed E-state index contributed by atoms with van der Waals surface area (Å²) in [4.78, 5) is 39.4. The monoisotopic (exact) mass is 352 g/mol. The first-order valence-corrected chi connectivity index (χ1v) is 7.32. The molecule has 0 saturated carbocycles. The maximum absolute atomic E-state index is 10.1. The van der Waals surface area contributed by atoms with Gasteiger partial charge in [0.05, 0.1) is 13.7 Å². The van der Waals surface area contributed by atoms with E-state index in [-0.39, 0.29) is 36.7 Å². The van der Waals surface area contributed by atoms with Crippen LogP contribution < -0.4 is 0 Å². The van der Waals surface area contributed by atoms with Gasteiger partial charge in [-0.05, 0) is 27.7 Å². The van der Waals surface area contributed by atoms with Gasteiger partial charge in [-0.3, -0.25) is 19.2 Å². The normalized spacial score (nSPS) is 8.00. The van der Waals surface area contributed by atoms with Gasteiger partial charge >= 0.3 is 11.9 Å². The highest BCUT2D eigenvalue weighted by Gasteiger charge is 1.86. The number of Topliss-reactive ketones (excluding diaryl/α,β-unsaturated/α-hetero) is 2. The second-order valence-corrected chi connectivity index (χ2v) is 4.09. The molecule has 0 aromatic heterocycles. The second-order valence-electron chi connectivity index (χ2n) is 4.09. The van der Waals surface area contributed by atoms with Crippen LogP contribution in [0, 0.1) is 0 Å². The summed E-state index contributed by atoms with van der Waals surface area (Å²) >= 11 is 0. The molecule has 24 heavy (non-hydrogen) atoms. The van der Waals surface area contributed by atoms with Crippen LogP contribution in [0.4, 0.5) is 0 Å².